The molecule has 1 saturated heterocycles. The van der Waals surface area contributed by atoms with E-state index in [1.165, 1.54) is 0 Å². The summed E-state index contributed by atoms with van der Waals surface area (Å²) in [7, 11) is 3.77. The van der Waals surface area contributed by atoms with E-state index in [9.17, 15) is 4.79 Å². The average Bonchev–Trinajstić information content (AvgIpc) is 2.63. The molecule has 2 aromatic heterocycles. The first-order valence-electron chi connectivity index (χ1n) is 9.53. The highest BCUT2D eigenvalue weighted by Crippen LogP contribution is 2.26. The van der Waals surface area contributed by atoms with Crippen molar-refractivity contribution < 1.29 is 0 Å². The lowest BCUT2D eigenvalue weighted by atomic mass is 9.92. The Balaban J connectivity index is 1.51. The predicted octanol–water partition coefficient (Wildman–Crippen LogP) is 2.35. The molecule has 0 N–H and O–H groups in total. The zero-order chi connectivity index (χ0) is 20.1. The summed E-state index contributed by atoms with van der Waals surface area (Å²) in [6.07, 6.45) is 0. The fraction of sp³-hybridized carbons (Fsp3) is 0.429. The van der Waals surface area contributed by atoms with Crippen molar-refractivity contribution in [1.29, 1.82) is 0 Å². The molecule has 3 heterocycles. The van der Waals surface area contributed by atoms with Gasteiger partial charge in [0.05, 0.1) is 22.6 Å². The minimum absolute atomic E-state index is 0.00420. The first-order valence-corrected chi connectivity index (χ1v) is 9.53. The Morgan fingerprint density at radius 1 is 1.07 bits per heavy atom. The SMILES string of the molecule is CN(c1nc2ccccc2c(=O)n1C)C1CN(c2ccc(C(C)(C)C)nn2)C1. The summed E-state index contributed by atoms with van der Waals surface area (Å²) < 4.78 is 1.63. The zero-order valence-corrected chi connectivity index (χ0v) is 17.0. The molecule has 4 rings (SSSR count). The maximum atomic E-state index is 12.6. The van der Waals surface area contributed by atoms with Crippen LogP contribution < -0.4 is 15.4 Å². The van der Waals surface area contributed by atoms with Crippen molar-refractivity contribution in [2.24, 2.45) is 7.05 Å². The van der Waals surface area contributed by atoms with Gasteiger partial charge in [0, 0.05) is 32.6 Å². The second-order valence-corrected chi connectivity index (χ2v) is 8.49. The second kappa shape index (κ2) is 6.58. The van der Waals surface area contributed by atoms with Gasteiger partial charge in [0.25, 0.3) is 5.56 Å². The third kappa shape index (κ3) is 3.10. The molecule has 146 valence electrons. The maximum absolute atomic E-state index is 12.6. The lowest BCUT2D eigenvalue weighted by Gasteiger charge is -2.45. The molecule has 1 aromatic carbocycles. The number of rotatable bonds is 3. The van der Waals surface area contributed by atoms with Crippen LogP contribution in [0.2, 0.25) is 0 Å². The van der Waals surface area contributed by atoms with E-state index in [1.54, 1.807) is 11.6 Å². The molecule has 0 radical (unpaired) electrons. The van der Waals surface area contributed by atoms with Crippen LogP contribution >= 0.6 is 0 Å². The van der Waals surface area contributed by atoms with Gasteiger partial charge in [0.2, 0.25) is 5.95 Å². The third-order valence-corrected chi connectivity index (χ3v) is 5.43. The van der Waals surface area contributed by atoms with Crippen LogP contribution in [0.3, 0.4) is 0 Å². The Hall–Kier alpha value is -2.96. The fourth-order valence-electron chi connectivity index (χ4n) is 3.47. The van der Waals surface area contributed by atoms with E-state index in [4.69, 9.17) is 4.98 Å². The van der Waals surface area contributed by atoms with Crippen molar-refractivity contribution in [3.8, 4) is 0 Å². The molecule has 0 saturated carbocycles. The van der Waals surface area contributed by atoms with Crippen molar-refractivity contribution in [1.82, 2.24) is 19.7 Å². The summed E-state index contributed by atoms with van der Waals surface area (Å²) in [5.74, 6) is 1.57. The fourth-order valence-corrected chi connectivity index (χ4v) is 3.47. The number of hydrogen-bond acceptors (Lipinski definition) is 6. The third-order valence-electron chi connectivity index (χ3n) is 5.43. The number of anilines is 2. The largest absolute Gasteiger partial charge is 0.351 e. The molecule has 0 spiro atoms. The molecule has 7 nitrogen and oxygen atoms in total. The van der Waals surface area contributed by atoms with Crippen molar-refractivity contribution in [3.63, 3.8) is 0 Å². The van der Waals surface area contributed by atoms with Crippen LogP contribution in [0.5, 0.6) is 0 Å². The summed E-state index contributed by atoms with van der Waals surface area (Å²) in [4.78, 5) is 21.6. The molecule has 3 aromatic rings. The Kier molecular flexibility index (Phi) is 4.33. The van der Waals surface area contributed by atoms with E-state index in [-0.39, 0.29) is 17.0 Å². The average molecular weight is 378 g/mol. The molecular weight excluding hydrogens is 352 g/mol. The molecule has 7 heteroatoms. The van der Waals surface area contributed by atoms with Crippen molar-refractivity contribution in [2.75, 3.05) is 29.9 Å². The highest BCUT2D eigenvalue weighted by Gasteiger charge is 2.33. The van der Waals surface area contributed by atoms with Crippen molar-refractivity contribution in [3.05, 3.63) is 52.4 Å². The first-order chi connectivity index (χ1) is 13.3. The smallest absolute Gasteiger partial charge is 0.262 e. The Morgan fingerprint density at radius 2 is 1.79 bits per heavy atom. The number of fused-ring (bicyclic) bond motifs is 1. The highest BCUT2D eigenvalue weighted by atomic mass is 16.1. The zero-order valence-electron chi connectivity index (χ0n) is 17.0. The summed E-state index contributed by atoms with van der Waals surface area (Å²) in [6, 6.07) is 11.8. The van der Waals surface area contributed by atoms with Crippen LogP contribution in [0, 0.1) is 0 Å². The van der Waals surface area contributed by atoms with Gasteiger partial charge in [0.1, 0.15) is 0 Å². The van der Waals surface area contributed by atoms with Gasteiger partial charge in [-0.15, -0.1) is 5.10 Å². The normalized spacial score (nSPS) is 15.0. The van der Waals surface area contributed by atoms with E-state index in [0.29, 0.717) is 11.3 Å². The van der Waals surface area contributed by atoms with Gasteiger partial charge in [-0.2, -0.15) is 5.10 Å². The van der Waals surface area contributed by atoms with Gasteiger partial charge in [-0.3, -0.25) is 9.36 Å². The summed E-state index contributed by atoms with van der Waals surface area (Å²) in [6.45, 7) is 8.04. The molecule has 1 aliphatic rings. The van der Waals surface area contributed by atoms with Crippen LogP contribution in [0.25, 0.3) is 10.9 Å². The van der Waals surface area contributed by atoms with Gasteiger partial charge in [0.15, 0.2) is 5.82 Å². The van der Waals surface area contributed by atoms with Gasteiger partial charge >= 0.3 is 0 Å². The Labute approximate surface area is 164 Å². The quantitative estimate of drug-likeness (QED) is 0.697. The molecule has 0 aliphatic carbocycles. The van der Waals surface area contributed by atoms with Gasteiger partial charge in [-0.1, -0.05) is 32.9 Å². The number of hydrogen-bond donors (Lipinski definition) is 0. The molecule has 0 atom stereocenters. The standard InChI is InChI=1S/C21H26N6O/c1-21(2,3)17-10-11-18(24-23-17)27-12-14(13-27)25(4)20-22-16-9-7-6-8-15(16)19(28)26(20)5/h6-11,14H,12-13H2,1-5H3. The molecule has 0 bridgehead atoms. The molecule has 0 unspecified atom stereocenters. The van der Waals surface area contributed by atoms with Gasteiger partial charge in [-0.25, -0.2) is 4.98 Å². The van der Waals surface area contributed by atoms with E-state index in [1.807, 2.05) is 43.4 Å². The monoisotopic (exact) mass is 378 g/mol. The Morgan fingerprint density at radius 3 is 2.43 bits per heavy atom. The number of aromatic nitrogens is 4. The van der Waals surface area contributed by atoms with Crippen molar-refractivity contribution >= 4 is 22.7 Å². The molecular formula is C21H26N6O. The summed E-state index contributed by atoms with van der Waals surface area (Å²) in [5, 5.41) is 9.42. The Bertz CT molecular complexity index is 1060. The first kappa shape index (κ1) is 18.4. The molecule has 1 fully saturated rings. The van der Waals surface area contributed by atoms with E-state index >= 15 is 0 Å². The highest BCUT2D eigenvalue weighted by molar-refractivity contribution is 5.78. The predicted molar refractivity (Wildman–Crippen MR) is 112 cm³/mol. The summed E-state index contributed by atoms with van der Waals surface area (Å²) in [5.41, 5.74) is 1.69. The molecule has 0 amide bonds. The molecule has 1 aliphatic heterocycles. The summed E-state index contributed by atoms with van der Waals surface area (Å²) >= 11 is 0. The minimum Gasteiger partial charge on any atom is -0.351 e. The molecule has 28 heavy (non-hydrogen) atoms. The van der Waals surface area contributed by atoms with E-state index in [2.05, 4.69) is 40.8 Å². The maximum Gasteiger partial charge on any atom is 0.262 e. The minimum atomic E-state index is -0.0211. The number of para-hydroxylation sites is 1. The van der Waals surface area contributed by atoms with E-state index < -0.39 is 0 Å². The number of likely N-dealkylation sites (N-methyl/N-ethyl adjacent to an activating group) is 1. The van der Waals surface area contributed by atoms with Crippen LogP contribution in [0.1, 0.15) is 26.5 Å². The number of benzene rings is 1. The number of nitrogens with zero attached hydrogens (tertiary/aromatic N) is 6. The van der Waals surface area contributed by atoms with E-state index in [0.717, 1.165) is 30.1 Å². The van der Waals surface area contributed by atoms with Crippen molar-refractivity contribution in [2.45, 2.75) is 32.2 Å². The lowest BCUT2D eigenvalue weighted by molar-refractivity contribution is 0.477. The second-order valence-electron chi connectivity index (χ2n) is 8.49. The van der Waals surface area contributed by atoms with Crippen LogP contribution in [-0.2, 0) is 12.5 Å². The van der Waals surface area contributed by atoms with Gasteiger partial charge < -0.3 is 9.80 Å². The van der Waals surface area contributed by atoms with Crippen LogP contribution in [0.4, 0.5) is 11.8 Å². The van der Waals surface area contributed by atoms with Gasteiger partial charge in [-0.05, 0) is 24.3 Å². The van der Waals surface area contributed by atoms with Crippen LogP contribution in [-0.4, -0.2) is 45.9 Å². The topological polar surface area (TPSA) is 67.2 Å². The van der Waals surface area contributed by atoms with Crippen LogP contribution in [0.15, 0.2) is 41.2 Å². The lowest BCUT2D eigenvalue weighted by Crippen LogP contribution is -2.60.